The molecule has 1 saturated carbocycles. The smallest absolute Gasteiger partial charge is 0.220 e. The molecule has 1 aliphatic rings. The lowest BCUT2D eigenvalue weighted by Gasteiger charge is -2.07. The van der Waals surface area contributed by atoms with E-state index < -0.39 is 0 Å². The molecule has 19 heavy (non-hydrogen) atoms. The first-order chi connectivity index (χ1) is 9.11. The van der Waals surface area contributed by atoms with Crippen molar-refractivity contribution >= 4 is 17.4 Å². The van der Waals surface area contributed by atoms with Crippen LogP contribution in [0.1, 0.15) is 38.3 Å². The molecule has 0 spiro atoms. The van der Waals surface area contributed by atoms with E-state index in [9.17, 15) is 4.79 Å². The Morgan fingerprint density at radius 3 is 2.84 bits per heavy atom. The van der Waals surface area contributed by atoms with Crippen molar-refractivity contribution < 1.29 is 4.79 Å². The van der Waals surface area contributed by atoms with E-state index in [-0.39, 0.29) is 5.91 Å². The highest BCUT2D eigenvalue weighted by Gasteiger charge is 2.22. The molecule has 4 N–H and O–H groups in total. The third-order valence-electron chi connectivity index (χ3n) is 3.31. The number of carbonyl (C=O) groups excluding carboxylic acids is 1. The van der Waals surface area contributed by atoms with Gasteiger partial charge >= 0.3 is 0 Å². The number of aryl methyl sites for hydroxylation is 2. The van der Waals surface area contributed by atoms with Gasteiger partial charge in [0.1, 0.15) is 5.82 Å². The Hall–Kier alpha value is -1.72. The van der Waals surface area contributed by atoms with Crippen LogP contribution in [-0.2, 0) is 18.3 Å². The van der Waals surface area contributed by atoms with E-state index in [1.54, 1.807) is 4.68 Å². The van der Waals surface area contributed by atoms with Gasteiger partial charge in [-0.1, -0.05) is 6.92 Å². The van der Waals surface area contributed by atoms with Crippen molar-refractivity contribution in [1.82, 2.24) is 15.1 Å². The number of rotatable bonds is 7. The van der Waals surface area contributed by atoms with Gasteiger partial charge in [-0.25, -0.2) is 0 Å². The minimum atomic E-state index is 0.150. The van der Waals surface area contributed by atoms with E-state index in [1.165, 1.54) is 0 Å². The minimum absolute atomic E-state index is 0.150. The van der Waals surface area contributed by atoms with Crippen LogP contribution in [0, 0.1) is 0 Å². The van der Waals surface area contributed by atoms with Gasteiger partial charge in [0.05, 0.1) is 11.4 Å². The molecule has 1 aromatic heterocycles. The molecule has 1 aromatic rings. The average molecular weight is 265 g/mol. The number of nitrogens with one attached hydrogen (secondary N) is 2. The summed E-state index contributed by atoms with van der Waals surface area (Å²) in [6.45, 7) is 2.76. The van der Waals surface area contributed by atoms with E-state index in [0.29, 0.717) is 18.2 Å². The van der Waals surface area contributed by atoms with Crippen molar-refractivity contribution in [1.29, 1.82) is 0 Å². The Bertz CT molecular complexity index is 450. The molecule has 1 fully saturated rings. The normalized spacial score (nSPS) is 14.4. The van der Waals surface area contributed by atoms with Gasteiger partial charge in [-0.05, 0) is 25.7 Å². The Labute approximate surface area is 113 Å². The third kappa shape index (κ3) is 3.62. The summed E-state index contributed by atoms with van der Waals surface area (Å²) >= 11 is 0. The molecular weight excluding hydrogens is 242 g/mol. The molecule has 6 heteroatoms. The number of anilines is 2. The van der Waals surface area contributed by atoms with Crippen molar-refractivity contribution in [3.8, 4) is 0 Å². The van der Waals surface area contributed by atoms with Crippen LogP contribution in [-0.4, -0.2) is 28.3 Å². The molecule has 0 radical (unpaired) electrons. The maximum Gasteiger partial charge on any atom is 0.220 e. The fourth-order valence-corrected chi connectivity index (χ4v) is 2.05. The maximum atomic E-state index is 11.5. The summed E-state index contributed by atoms with van der Waals surface area (Å²) in [7, 11) is 1.87. The number of carbonyl (C=O) groups is 1. The Morgan fingerprint density at radius 1 is 1.53 bits per heavy atom. The lowest BCUT2D eigenvalue weighted by Crippen LogP contribution is -2.25. The highest BCUT2D eigenvalue weighted by atomic mass is 16.1. The summed E-state index contributed by atoms with van der Waals surface area (Å²) in [5.41, 5.74) is 7.63. The van der Waals surface area contributed by atoms with Crippen LogP contribution in [0.25, 0.3) is 0 Å². The van der Waals surface area contributed by atoms with Gasteiger partial charge in [0.15, 0.2) is 0 Å². The number of nitrogens with two attached hydrogens (primary N) is 1. The summed E-state index contributed by atoms with van der Waals surface area (Å²) in [6, 6.07) is 0.445. The first-order valence-electron chi connectivity index (χ1n) is 6.96. The summed E-state index contributed by atoms with van der Waals surface area (Å²) in [4.78, 5) is 11.5. The quantitative estimate of drug-likeness (QED) is 0.643. The standard InChI is InChI=1S/C13H23N5O/c1-3-10-12(14)13(18(2)17-10)15-8-4-5-11(19)16-9-6-7-9/h9,15H,3-8,14H2,1-2H3,(H,16,19). The Balaban J connectivity index is 1.72. The molecule has 0 bridgehead atoms. The zero-order chi connectivity index (χ0) is 13.8. The fraction of sp³-hybridized carbons (Fsp3) is 0.692. The SMILES string of the molecule is CCc1nn(C)c(NCCCC(=O)NC2CC2)c1N. The predicted molar refractivity (Wildman–Crippen MR) is 75.9 cm³/mol. The van der Waals surface area contributed by atoms with Crippen molar-refractivity contribution in [2.75, 3.05) is 17.6 Å². The largest absolute Gasteiger partial charge is 0.394 e. The van der Waals surface area contributed by atoms with Gasteiger partial charge < -0.3 is 16.4 Å². The van der Waals surface area contributed by atoms with Crippen LogP contribution in [0.2, 0.25) is 0 Å². The number of aromatic nitrogens is 2. The van der Waals surface area contributed by atoms with Crippen molar-refractivity contribution in [2.24, 2.45) is 7.05 Å². The first kappa shape index (κ1) is 13.7. The van der Waals surface area contributed by atoms with E-state index in [0.717, 1.165) is 43.7 Å². The molecule has 0 saturated heterocycles. The summed E-state index contributed by atoms with van der Waals surface area (Å²) in [5, 5.41) is 10.6. The van der Waals surface area contributed by atoms with Crippen molar-refractivity contribution in [3.63, 3.8) is 0 Å². The first-order valence-corrected chi connectivity index (χ1v) is 6.96. The van der Waals surface area contributed by atoms with Crippen LogP contribution < -0.4 is 16.4 Å². The molecule has 1 amide bonds. The highest BCUT2D eigenvalue weighted by Crippen LogP contribution is 2.22. The van der Waals surface area contributed by atoms with E-state index >= 15 is 0 Å². The van der Waals surface area contributed by atoms with Gasteiger partial charge in [-0.15, -0.1) is 0 Å². The number of hydrogen-bond acceptors (Lipinski definition) is 4. The zero-order valence-corrected chi connectivity index (χ0v) is 11.7. The van der Waals surface area contributed by atoms with Gasteiger partial charge in [0.2, 0.25) is 5.91 Å². The molecular formula is C13H23N5O. The molecule has 0 unspecified atom stereocenters. The van der Waals surface area contributed by atoms with Gasteiger partial charge in [0, 0.05) is 26.1 Å². The van der Waals surface area contributed by atoms with Gasteiger partial charge in [-0.3, -0.25) is 9.48 Å². The van der Waals surface area contributed by atoms with Crippen LogP contribution in [0.5, 0.6) is 0 Å². The average Bonchev–Trinajstić information content (AvgIpc) is 3.14. The maximum absolute atomic E-state index is 11.5. The molecule has 6 nitrogen and oxygen atoms in total. The summed E-state index contributed by atoms with van der Waals surface area (Å²) in [5.74, 6) is 0.996. The highest BCUT2D eigenvalue weighted by molar-refractivity contribution is 5.76. The number of nitrogens with zero attached hydrogens (tertiary/aromatic N) is 2. The van der Waals surface area contributed by atoms with Gasteiger partial charge in [-0.2, -0.15) is 5.10 Å². The predicted octanol–water partition coefficient (Wildman–Crippen LogP) is 1.04. The second-order valence-electron chi connectivity index (χ2n) is 5.06. The van der Waals surface area contributed by atoms with Gasteiger partial charge in [0.25, 0.3) is 0 Å². The monoisotopic (exact) mass is 265 g/mol. The lowest BCUT2D eigenvalue weighted by atomic mass is 10.2. The fourth-order valence-electron chi connectivity index (χ4n) is 2.05. The molecule has 106 valence electrons. The Kier molecular flexibility index (Phi) is 4.29. The zero-order valence-electron chi connectivity index (χ0n) is 11.7. The third-order valence-corrected chi connectivity index (χ3v) is 3.31. The number of nitrogen functional groups attached to an aromatic ring is 1. The summed E-state index contributed by atoms with van der Waals surface area (Å²) in [6.07, 6.45) is 4.45. The molecule has 0 aliphatic heterocycles. The topological polar surface area (TPSA) is 85.0 Å². The van der Waals surface area contributed by atoms with Crippen LogP contribution in [0.15, 0.2) is 0 Å². The molecule has 0 aromatic carbocycles. The van der Waals surface area contributed by atoms with Crippen molar-refractivity contribution in [3.05, 3.63) is 5.69 Å². The van der Waals surface area contributed by atoms with E-state index in [4.69, 9.17) is 5.73 Å². The molecule has 1 aliphatic carbocycles. The molecule has 2 rings (SSSR count). The molecule has 0 atom stereocenters. The number of amides is 1. The molecule has 1 heterocycles. The Morgan fingerprint density at radius 2 is 2.26 bits per heavy atom. The second kappa shape index (κ2) is 5.95. The van der Waals surface area contributed by atoms with E-state index in [2.05, 4.69) is 15.7 Å². The van der Waals surface area contributed by atoms with Crippen LogP contribution in [0.4, 0.5) is 11.5 Å². The van der Waals surface area contributed by atoms with E-state index in [1.807, 2.05) is 14.0 Å². The van der Waals surface area contributed by atoms with Crippen molar-refractivity contribution in [2.45, 2.75) is 45.1 Å². The second-order valence-corrected chi connectivity index (χ2v) is 5.06. The summed E-state index contributed by atoms with van der Waals surface area (Å²) < 4.78 is 1.76. The van der Waals surface area contributed by atoms with Crippen LogP contribution >= 0.6 is 0 Å². The number of hydrogen-bond donors (Lipinski definition) is 3. The lowest BCUT2D eigenvalue weighted by molar-refractivity contribution is -0.121. The van der Waals surface area contributed by atoms with Crippen LogP contribution in [0.3, 0.4) is 0 Å². The minimum Gasteiger partial charge on any atom is -0.394 e.